The van der Waals surface area contributed by atoms with E-state index in [0.717, 1.165) is 0 Å². The van der Waals surface area contributed by atoms with Crippen molar-refractivity contribution in [1.82, 2.24) is 24.6 Å². The molecule has 7 nitrogen and oxygen atoms in total. The monoisotopic (exact) mass is 369 g/mol. The van der Waals surface area contributed by atoms with Crippen molar-refractivity contribution in [2.45, 2.75) is 25.9 Å². The molecule has 0 saturated heterocycles. The van der Waals surface area contributed by atoms with Crippen LogP contribution in [0.4, 0.5) is 4.39 Å². The van der Waals surface area contributed by atoms with Crippen LogP contribution in [0.15, 0.2) is 54.2 Å². The van der Waals surface area contributed by atoms with Crippen LogP contribution in [-0.4, -0.2) is 31.8 Å². The Morgan fingerprint density at radius 1 is 1.37 bits per heavy atom. The third-order valence-electron chi connectivity index (χ3n) is 4.09. The zero-order valence-corrected chi connectivity index (χ0v) is 14.8. The number of aromatic nitrogens is 4. The molecule has 1 N–H and O–H groups in total. The van der Waals surface area contributed by atoms with Gasteiger partial charge in [-0.1, -0.05) is 18.2 Å². The molecule has 0 fully saturated rings. The first-order valence-corrected chi connectivity index (χ1v) is 8.61. The van der Waals surface area contributed by atoms with Crippen LogP contribution in [-0.2, 0) is 17.9 Å². The molecule has 0 radical (unpaired) electrons. The van der Waals surface area contributed by atoms with Gasteiger partial charge in [-0.15, -0.1) is 6.58 Å². The number of carbonyl (C=O) groups excluding carboxylic acids is 1. The topological polar surface area (TPSA) is 81.8 Å². The molecular formula is C19H20FN5O2. The lowest BCUT2D eigenvalue weighted by atomic mass is 10.2. The first-order chi connectivity index (χ1) is 13.1. The van der Waals surface area contributed by atoms with Crippen molar-refractivity contribution in [2.75, 3.05) is 6.54 Å². The van der Waals surface area contributed by atoms with Gasteiger partial charge < -0.3 is 5.32 Å². The number of nitrogens with zero attached hydrogens (tertiary/aromatic N) is 4. The SMILES string of the molecule is C=CCCC(=O)NCCn1ncc2c(=O)n(Cc3cccc(F)c3)cnc21. The van der Waals surface area contributed by atoms with Gasteiger partial charge in [0.25, 0.3) is 5.56 Å². The quantitative estimate of drug-likeness (QED) is 0.615. The minimum absolute atomic E-state index is 0.0585. The second kappa shape index (κ2) is 8.39. The van der Waals surface area contributed by atoms with Gasteiger partial charge in [-0.25, -0.2) is 14.1 Å². The number of amides is 1. The molecule has 0 aliphatic rings. The maximum atomic E-state index is 13.3. The van der Waals surface area contributed by atoms with Crippen LogP contribution in [0.3, 0.4) is 0 Å². The van der Waals surface area contributed by atoms with Gasteiger partial charge in [0.15, 0.2) is 5.65 Å². The molecule has 0 spiro atoms. The van der Waals surface area contributed by atoms with Crippen molar-refractivity contribution >= 4 is 16.9 Å². The van der Waals surface area contributed by atoms with E-state index in [1.165, 1.54) is 29.2 Å². The van der Waals surface area contributed by atoms with E-state index in [-0.39, 0.29) is 23.8 Å². The van der Waals surface area contributed by atoms with E-state index >= 15 is 0 Å². The fraction of sp³-hybridized carbons (Fsp3) is 0.263. The zero-order valence-electron chi connectivity index (χ0n) is 14.8. The summed E-state index contributed by atoms with van der Waals surface area (Å²) in [7, 11) is 0. The second-order valence-electron chi connectivity index (χ2n) is 6.09. The maximum Gasteiger partial charge on any atom is 0.264 e. The maximum absolute atomic E-state index is 13.3. The lowest BCUT2D eigenvalue weighted by molar-refractivity contribution is -0.121. The summed E-state index contributed by atoms with van der Waals surface area (Å²) in [6.45, 7) is 4.60. The van der Waals surface area contributed by atoms with Crippen LogP contribution < -0.4 is 10.9 Å². The zero-order chi connectivity index (χ0) is 19.2. The Morgan fingerprint density at radius 3 is 3.00 bits per heavy atom. The molecule has 0 aliphatic heterocycles. The molecule has 2 aromatic heterocycles. The average molecular weight is 369 g/mol. The lowest BCUT2D eigenvalue weighted by Crippen LogP contribution is -2.27. The van der Waals surface area contributed by atoms with Crippen LogP contribution in [0, 0.1) is 5.82 Å². The standard InChI is InChI=1S/C19H20FN5O2/c1-2-3-7-17(26)21-8-9-25-18-16(11-23-25)19(27)24(13-22-18)12-14-5-4-6-15(20)10-14/h2,4-6,10-11,13H,1,3,7-9,12H2,(H,21,26). The molecule has 27 heavy (non-hydrogen) atoms. The van der Waals surface area contributed by atoms with Crippen LogP contribution >= 0.6 is 0 Å². The Kier molecular flexibility index (Phi) is 5.75. The average Bonchev–Trinajstić information content (AvgIpc) is 3.06. The van der Waals surface area contributed by atoms with Crippen molar-refractivity contribution in [1.29, 1.82) is 0 Å². The van der Waals surface area contributed by atoms with Gasteiger partial charge in [-0.05, 0) is 24.1 Å². The van der Waals surface area contributed by atoms with Crippen molar-refractivity contribution in [3.63, 3.8) is 0 Å². The summed E-state index contributed by atoms with van der Waals surface area (Å²) in [6, 6.07) is 6.09. The van der Waals surface area contributed by atoms with Gasteiger partial charge in [0, 0.05) is 13.0 Å². The van der Waals surface area contributed by atoms with Crippen LogP contribution in [0.25, 0.3) is 11.0 Å². The Morgan fingerprint density at radius 2 is 2.22 bits per heavy atom. The molecule has 0 atom stereocenters. The number of hydrogen-bond acceptors (Lipinski definition) is 4. The molecule has 3 rings (SSSR count). The lowest BCUT2D eigenvalue weighted by Gasteiger charge is -2.07. The van der Waals surface area contributed by atoms with Crippen molar-refractivity contribution in [3.8, 4) is 0 Å². The molecule has 2 heterocycles. The number of nitrogens with one attached hydrogen (secondary N) is 1. The van der Waals surface area contributed by atoms with Crippen molar-refractivity contribution in [3.05, 3.63) is 71.2 Å². The highest BCUT2D eigenvalue weighted by molar-refractivity contribution is 5.76. The van der Waals surface area contributed by atoms with E-state index in [0.29, 0.717) is 42.5 Å². The molecule has 8 heteroatoms. The minimum atomic E-state index is -0.349. The molecule has 0 aliphatic carbocycles. The van der Waals surface area contributed by atoms with Gasteiger partial charge in [0.05, 0.1) is 19.3 Å². The summed E-state index contributed by atoms with van der Waals surface area (Å²) in [5.74, 6) is -0.408. The Hall–Kier alpha value is -3.29. The summed E-state index contributed by atoms with van der Waals surface area (Å²) < 4.78 is 16.3. The first-order valence-electron chi connectivity index (χ1n) is 8.61. The van der Waals surface area contributed by atoms with E-state index in [4.69, 9.17) is 0 Å². The Labute approximate surface area is 155 Å². The van der Waals surface area contributed by atoms with Crippen LogP contribution in [0.5, 0.6) is 0 Å². The van der Waals surface area contributed by atoms with E-state index in [1.54, 1.807) is 22.9 Å². The van der Waals surface area contributed by atoms with E-state index in [9.17, 15) is 14.0 Å². The molecule has 0 unspecified atom stereocenters. The van der Waals surface area contributed by atoms with E-state index in [2.05, 4.69) is 22.0 Å². The number of carbonyl (C=O) groups is 1. The fourth-order valence-corrected chi connectivity index (χ4v) is 2.73. The van der Waals surface area contributed by atoms with Crippen molar-refractivity contribution in [2.24, 2.45) is 0 Å². The van der Waals surface area contributed by atoms with Gasteiger partial charge in [-0.3, -0.25) is 14.2 Å². The minimum Gasteiger partial charge on any atom is -0.354 e. The largest absolute Gasteiger partial charge is 0.354 e. The molecule has 140 valence electrons. The molecule has 0 bridgehead atoms. The summed E-state index contributed by atoms with van der Waals surface area (Å²) in [4.78, 5) is 28.5. The predicted molar refractivity (Wildman–Crippen MR) is 99.7 cm³/mol. The number of fused-ring (bicyclic) bond motifs is 1. The Balaban J connectivity index is 1.72. The fourth-order valence-electron chi connectivity index (χ4n) is 2.73. The molecule has 1 aromatic carbocycles. The third-order valence-corrected chi connectivity index (χ3v) is 4.09. The predicted octanol–water partition coefficient (Wildman–Crippen LogP) is 1.86. The number of hydrogen-bond donors (Lipinski definition) is 1. The summed E-state index contributed by atoms with van der Waals surface area (Å²) >= 11 is 0. The number of rotatable bonds is 8. The summed E-state index contributed by atoms with van der Waals surface area (Å²) in [5, 5.41) is 7.36. The smallest absolute Gasteiger partial charge is 0.264 e. The van der Waals surface area contributed by atoms with E-state index < -0.39 is 0 Å². The molecule has 3 aromatic rings. The first kappa shape index (κ1) is 18.5. The molecule has 1 amide bonds. The molecule has 0 saturated carbocycles. The van der Waals surface area contributed by atoms with E-state index in [1.807, 2.05) is 0 Å². The highest BCUT2D eigenvalue weighted by atomic mass is 19.1. The summed E-state index contributed by atoms with van der Waals surface area (Å²) in [6.07, 6.45) is 5.61. The van der Waals surface area contributed by atoms with Crippen LogP contribution in [0.1, 0.15) is 18.4 Å². The number of benzene rings is 1. The van der Waals surface area contributed by atoms with Gasteiger partial charge >= 0.3 is 0 Å². The highest BCUT2D eigenvalue weighted by Gasteiger charge is 2.11. The normalized spacial score (nSPS) is 10.9. The third kappa shape index (κ3) is 4.46. The highest BCUT2D eigenvalue weighted by Crippen LogP contribution is 2.08. The van der Waals surface area contributed by atoms with Gasteiger partial charge in [-0.2, -0.15) is 5.10 Å². The van der Waals surface area contributed by atoms with Crippen LogP contribution in [0.2, 0.25) is 0 Å². The Bertz CT molecular complexity index is 1020. The molecular weight excluding hydrogens is 349 g/mol. The van der Waals surface area contributed by atoms with Gasteiger partial charge in [0.2, 0.25) is 5.91 Å². The number of allylic oxidation sites excluding steroid dienone is 1. The summed E-state index contributed by atoms with van der Waals surface area (Å²) in [5.41, 5.74) is 0.884. The van der Waals surface area contributed by atoms with Crippen molar-refractivity contribution < 1.29 is 9.18 Å². The second-order valence-corrected chi connectivity index (χ2v) is 6.09. The number of halogens is 1. The van der Waals surface area contributed by atoms with Gasteiger partial charge in [0.1, 0.15) is 17.5 Å².